The van der Waals surface area contributed by atoms with Crippen LogP contribution in [0.25, 0.3) is 0 Å². The van der Waals surface area contributed by atoms with Crippen LogP contribution in [0.4, 0.5) is 0 Å². The van der Waals surface area contributed by atoms with Crippen LogP contribution in [0.15, 0.2) is 53.9 Å². The molecule has 0 bridgehead atoms. The van der Waals surface area contributed by atoms with Crippen molar-refractivity contribution in [2.24, 2.45) is 0 Å². The van der Waals surface area contributed by atoms with Crippen molar-refractivity contribution in [1.82, 2.24) is 9.88 Å². The number of methoxy groups -OCH3 is 1. The highest BCUT2D eigenvalue weighted by Crippen LogP contribution is 2.19. The van der Waals surface area contributed by atoms with Crippen LogP contribution in [0.3, 0.4) is 0 Å². The van der Waals surface area contributed by atoms with Gasteiger partial charge in [-0.1, -0.05) is 11.6 Å². The number of hydrogen-bond donors (Lipinski definition) is 0. The van der Waals surface area contributed by atoms with Crippen molar-refractivity contribution >= 4 is 28.8 Å². The fourth-order valence-electron chi connectivity index (χ4n) is 2.42. The predicted octanol–water partition coefficient (Wildman–Crippen LogP) is 4.54. The number of likely N-dealkylation sites (N-methyl/N-ethyl adjacent to an activating group) is 1. The number of nitrogens with zero attached hydrogens (tertiary/aromatic N) is 2. The van der Waals surface area contributed by atoms with Gasteiger partial charge in [0.1, 0.15) is 41.2 Å². The Morgan fingerprint density at radius 3 is 2.34 bits per heavy atom. The quantitative estimate of drug-likeness (QED) is 0.497. The third kappa shape index (κ3) is 6.10. The zero-order valence-electron chi connectivity index (χ0n) is 16.1. The summed E-state index contributed by atoms with van der Waals surface area (Å²) in [7, 11) is 3.34. The van der Waals surface area contributed by atoms with E-state index in [1.165, 1.54) is 11.3 Å². The molecule has 0 aliphatic rings. The molecule has 0 unspecified atom stereocenters. The predicted molar refractivity (Wildman–Crippen MR) is 113 cm³/mol. The molecule has 152 valence electrons. The molecular weight excluding hydrogens is 412 g/mol. The summed E-state index contributed by atoms with van der Waals surface area (Å²) in [6, 6.07) is 14.4. The highest BCUT2D eigenvalue weighted by atomic mass is 35.5. The number of thiazole rings is 1. The van der Waals surface area contributed by atoms with Gasteiger partial charge in [0.15, 0.2) is 0 Å². The number of ether oxygens (including phenoxy) is 3. The van der Waals surface area contributed by atoms with Crippen LogP contribution in [-0.2, 0) is 6.61 Å². The maximum Gasteiger partial charge on any atom is 0.273 e. The van der Waals surface area contributed by atoms with Crippen LogP contribution >= 0.6 is 22.9 Å². The fourth-order valence-corrected chi connectivity index (χ4v) is 3.23. The second-order valence-electron chi connectivity index (χ2n) is 6.12. The first-order valence-corrected chi connectivity index (χ1v) is 10.2. The van der Waals surface area contributed by atoms with Gasteiger partial charge in [0.05, 0.1) is 13.7 Å². The molecule has 3 rings (SSSR count). The van der Waals surface area contributed by atoms with E-state index in [1.807, 2.05) is 24.3 Å². The Bertz CT molecular complexity index is 929. The maximum atomic E-state index is 12.5. The first-order valence-electron chi connectivity index (χ1n) is 8.90. The molecule has 8 heteroatoms. The van der Waals surface area contributed by atoms with Crippen molar-refractivity contribution in [3.05, 3.63) is 69.6 Å². The van der Waals surface area contributed by atoms with E-state index in [2.05, 4.69) is 4.98 Å². The summed E-state index contributed by atoms with van der Waals surface area (Å²) >= 11 is 7.25. The third-order valence-corrected chi connectivity index (χ3v) is 5.12. The average Bonchev–Trinajstić information content (AvgIpc) is 3.22. The molecule has 0 fully saturated rings. The highest BCUT2D eigenvalue weighted by Gasteiger charge is 2.16. The van der Waals surface area contributed by atoms with Gasteiger partial charge in [-0.15, -0.1) is 11.3 Å². The average molecular weight is 433 g/mol. The summed E-state index contributed by atoms with van der Waals surface area (Å²) in [6.45, 7) is 1.12. The lowest BCUT2D eigenvalue weighted by atomic mass is 10.3. The second kappa shape index (κ2) is 10.1. The second-order valence-corrected chi connectivity index (χ2v) is 7.50. The molecule has 29 heavy (non-hydrogen) atoms. The zero-order valence-corrected chi connectivity index (χ0v) is 17.7. The molecule has 0 spiro atoms. The van der Waals surface area contributed by atoms with E-state index in [-0.39, 0.29) is 5.91 Å². The van der Waals surface area contributed by atoms with E-state index < -0.39 is 0 Å². The van der Waals surface area contributed by atoms with Gasteiger partial charge in [0.2, 0.25) is 0 Å². The number of aromatic nitrogens is 1. The van der Waals surface area contributed by atoms with Crippen molar-refractivity contribution in [3.8, 4) is 17.2 Å². The van der Waals surface area contributed by atoms with Crippen LogP contribution in [0.2, 0.25) is 5.02 Å². The molecule has 0 saturated heterocycles. The number of carbonyl (C=O) groups is 1. The molecule has 2 aromatic carbocycles. The lowest BCUT2D eigenvalue weighted by molar-refractivity contribution is 0.0768. The minimum Gasteiger partial charge on any atom is -0.497 e. The number of amides is 1. The topological polar surface area (TPSA) is 60.9 Å². The molecule has 1 heterocycles. The SMILES string of the molecule is COc1ccc(OCCN(C)C(=O)c2csc(COc3ccc(Cl)cc3)n2)cc1. The number of halogens is 1. The van der Waals surface area contributed by atoms with Crippen molar-refractivity contribution in [1.29, 1.82) is 0 Å². The Hall–Kier alpha value is -2.77. The molecule has 0 N–H and O–H groups in total. The monoisotopic (exact) mass is 432 g/mol. The summed E-state index contributed by atoms with van der Waals surface area (Å²) in [5.41, 5.74) is 0.400. The van der Waals surface area contributed by atoms with Crippen molar-refractivity contribution < 1.29 is 19.0 Å². The molecular formula is C21H21ClN2O4S. The van der Waals surface area contributed by atoms with Crippen LogP contribution in [0.5, 0.6) is 17.2 Å². The van der Waals surface area contributed by atoms with Crippen molar-refractivity contribution in [2.45, 2.75) is 6.61 Å². The van der Waals surface area contributed by atoms with Gasteiger partial charge in [0, 0.05) is 17.5 Å². The van der Waals surface area contributed by atoms with Crippen LogP contribution in [-0.4, -0.2) is 43.1 Å². The van der Waals surface area contributed by atoms with Crippen LogP contribution in [0, 0.1) is 0 Å². The van der Waals surface area contributed by atoms with Crippen molar-refractivity contribution in [3.63, 3.8) is 0 Å². The first kappa shape index (κ1) is 21.0. The molecule has 0 radical (unpaired) electrons. The molecule has 1 amide bonds. The molecule has 0 saturated carbocycles. The van der Waals surface area contributed by atoms with E-state index in [0.717, 1.165) is 16.5 Å². The van der Waals surface area contributed by atoms with E-state index in [9.17, 15) is 4.79 Å². The molecule has 0 aliphatic heterocycles. The maximum absolute atomic E-state index is 12.5. The van der Waals surface area contributed by atoms with E-state index >= 15 is 0 Å². The normalized spacial score (nSPS) is 10.4. The number of benzene rings is 2. The van der Waals surface area contributed by atoms with E-state index in [4.69, 9.17) is 25.8 Å². The fraction of sp³-hybridized carbons (Fsp3) is 0.238. The van der Waals surface area contributed by atoms with Crippen LogP contribution in [0.1, 0.15) is 15.5 Å². The molecule has 3 aromatic rings. The van der Waals surface area contributed by atoms with E-state index in [0.29, 0.717) is 36.2 Å². The highest BCUT2D eigenvalue weighted by molar-refractivity contribution is 7.09. The Kier molecular flexibility index (Phi) is 7.32. The van der Waals surface area contributed by atoms with Gasteiger partial charge < -0.3 is 19.1 Å². The summed E-state index contributed by atoms with van der Waals surface area (Å²) < 4.78 is 16.4. The minimum atomic E-state index is -0.155. The summed E-state index contributed by atoms with van der Waals surface area (Å²) in [4.78, 5) is 18.5. The standard InChI is InChI=1S/C21H21ClN2O4S/c1-24(11-12-27-17-9-7-16(26-2)8-10-17)21(25)19-14-29-20(23-19)13-28-18-5-3-15(22)4-6-18/h3-10,14H,11-13H2,1-2H3. The van der Waals surface area contributed by atoms with Gasteiger partial charge in [0.25, 0.3) is 5.91 Å². The number of hydrogen-bond acceptors (Lipinski definition) is 6. The lowest BCUT2D eigenvalue weighted by Crippen LogP contribution is -2.31. The smallest absolute Gasteiger partial charge is 0.273 e. The van der Waals surface area contributed by atoms with Gasteiger partial charge in [-0.2, -0.15) is 0 Å². The third-order valence-electron chi connectivity index (χ3n) is 4.05. The molecule has 1 aromatic heterocycles. The Balaban J connectivity index is 1.46. The first-order chi connectivity index (χ1) is 14.0. The van der Waals surface area contributed by atoms with Crippen LogP contribution < -0.4 is 14.2 Å². The largest absolute Gasteiger partial charge is 0.497 e. The van der Waals surface area contributed by atoms with Gasteiger partial charge in [-0.3, -0.25) is 4.79 Å². The molecule has 0 aliphatic carbocycles. The number of rotatable bonds is 9. The Morgan fingerprint density at radius 1 is 1.03 bits per heavy atom. The minimum absolute atomic E-state index is 0.155. The van der Waals surface area contributed by atoms with Crippen molar-refractivity contribution in [2.75, 3.05) is 27.3 Å². The summed E-state index contributed by atoms with van der Waals surface area (Å²) in [5, 5.41) is 3.12. The summed E-state index contributed by atoms with van der Waals surface area (Å²) in [5.74, 6) is 2.04. The molecule has 0 atom stereocenters. The Labute approximate surface area is 178 Å². The van der Waals surface area contributed by atoms with Gasteiger partial charge >= 0.3 is 0 Å². The zero-order chi connectivity index (χ0) is 20.6. The Morgan fingerprint density at radius 2 is 1.66 bits per heavy atom. The van der Waals surface area contributed by atoms with Gasteiger partial charge in [-0.05, 0) is 48.5 Å². The molecule has 6 nitrogen and oxygen atoms in total. The number of carbonyl (C=O) groups excluding carboxylic acids is 1. The lowest BCUT2D eigenvalue weighted by Gasteiger charge is -2.16. The van der Waals surface area contributed by atoms with E-state index in [1.54, 1.807) is 48.7 Å². The summed E-state index contributed by atoms with van der Waals surface area (Å²) in [6.07, 6.45) is 0. The van der Waals surface area contributed by atoms with Gasteiger partial charge in [-0.25, -0.2) is 4.98 Å².